The van der Waals surface area contributed by atoms with E-state index >= 15 is 0 Å². The quantitative estimate of drug-likeness (QED) is 0.205. The average Bonchev–Trinajstić information content (AvgIpc) is 2.47. The number of aryl methyl sites for hydroxylation is 1. The number of sulfone groups is 1. The molecule has 0 unspecified atom stereocenters. The van der Waals surface area contributed by atoms with Crippen molar-refractivity contribution < 1.29 is 175 Å². The van der Waals surface area contributed by atoms with E-state index in [0.717, 1.165) is 23.1 Å². The van der Waals surface area contributed by atoms with Gasteiger partial charge in [-0.15, -0.1) is 0 Å². The summed E-state index contributed by atoms with van der Waals surface area (Å²) in [5, 5.41) is 16.7. The first-order valence-electron chi connectivity index (χ1n) is 7.06. The maximum absolute atomic E-state index is 13.5. The van der Waals surface area contributed by atoms with E-state index in [4.69, 9.17) is 19.7 Å². The van der Waals surface area contributed by atoms with Crippen LogP contribution < -0.4 is 154 Å². The molecule has 0 saturated carbocycles. The van der Waals surface area contributed by atoms with Crippen LogP contribution in [0, 0.1) is 9.39 Å². The number of aromatic nitrogens is 1. The monoisotopic (exact) mass is 771 g/mol. The van der Waals surface area contributed by atoms with Gasteiger partial charge < -0.3 is 24.3 Å². The molecule has 1 heterocycles. The van der Waals surface area contributed by atoms with Crippen molar-refractivity contribution in [2.45, 2.75) is 31.6 Å². The second kappa shape index (κ2) is 16.1. The van der Waals surface area contributed by atoms with Gasteiger partial charge in [-0.2, -0.15) is 0 Å². The molecule has 0 aliphatic rings. The number of carboxylic acid groups (broad SMARTS) is 2. The third-order valence-electron chi connectivity index (χ3n) is 3.39. The number of pyridine rings is 1. The van der Waals surface area contributed by atoms with Crippen molar-refractivity contribution >= 4 is 44.6 Å². The molecule has 0 saturated heterocycles. The zero-order valence-electron chi connectivity index (χ0n) is 16.2. The number of nitrogens with zero attached hydrogens (tertiary/aromatic N) is 1. The summed E-state index contributed by atoms with van der Waals surface area (Å²) < 4.78 is 41.6. The molecule has 0 fully saturated rings. The minimum absolute atomic E-state index is 0. The van der Waals surface area contributed by atoms with Crippen LogP contribution in [-0.2, 0) is 25.9 Å². The van der Waals surface area contributed by atoms with E-state index in [1.165, 1.54) is 6.92 Å². The van der Waals surface area contributed by atoms with Gasteiger partial charge in [0.15, 0.2) is 20.4 Å². The largest absolute Gasteiger partial charge is 1.00 e. The fourth-order valence-corrected chi connectivity index (χ4v) is 2.98. The van der Waals surface area contributed by atoms with Crippen molar-refractivity contribution in [2.24, 2.45) is 0 Å². The van der Waals surface area contributed by atoms with Crippen molar-refractivity contribution in [2.75, 3.05) is 12.9 Å². The first-order chi connectivity index (χ1) is 11.8. The van der Waals surface area contributed by atoms with Gasteiger partial charge in [0.25, 0.3) is 5.56 Å². The Morgan fingerprint density at radius 2 is 1.79 bits per heavy atom. The minimum Gasteiger partial charge on any atom is -0.652 e. The summed E-state index contributed by atoms with van der Waals surface area (Å²) in [6.45, 7) is 2.74. The summed E-state index contributed by atoms with van der Waals surface area (Å²) in [5.74, 6) is -1.46. The Hall–Kier alpha value is 2.40. The van der Waals surface area contributed by atoms with Gasteiger partial charge in [-0.3, -0.25) is 9.59 Å². The normalized spacial score (nSPS) is 12.2. The van der Waals surface area contributed by atoms with Crippen LogP contribution >= 0.6 is 22.6 Å². The van der Waals surface area contributed by atoms with Crippen LogP contribution in [0.25, 0.3) is 0 Å². The van der Waals surface area contributed by atoms with E-state index in [9.17, 15) is 22.4 Å². The third kappa shape index (κ3) is 11.9. The second-order valence-electron chi connectivity index (χ2n) is 5.22. The summed E-state index contributed by atoms with van der Waals surface area (Å²) in [4.78, 5) is 32.1. The molecule has 0 amide bonds. The van der Waals surface area contributed by atoms with Crippen LogP contribution in [0.1, 0.15) is 20.3 Å². The molecule has 0 bridgehead atoms. The molecule has 148 valence electrons. The molecule has 1 rings (SSSR count). The van der Waals surface area contributed by atoms with Gasteiger partial charge in [0.1, 0.15) is 0 Å². The van der Waals surface area contributed by atoms with Gasteiger partial charge in [-0.1, -0.05) is 0 Å². The maximum atomic E-state index is 13.5. The van der Waals surface area contributed by atoms with Crippen molar-refractivity contribution in [3.8, 4) is 0 Å². The van der Waals surface area contributed by atoms with Crippen LogP contribution in [0.2, 0.25) is 0 Å². The SMILES string of the molecule is CCOC(=O)[C@@](C)(CCn1cc(F)c(I)cc1=O)S(C)(=O)=O.O=C([O-])[O-].[Cs+].[Cs+]. The number of carbonyl (C=O) groups excluding carboxylic acids is 2. The average molecular weight is 771 g/mol. The third-order valence-corrected chi connectivity index (χ3v) is 6.22. The Morgan fingerprint density at radius 1 is 1.32 bits per heavy atom. The van der Waals surface area contributed by atoms with Gasteiger partial charge in [0.05, 0.1) is 10.2 Å². The van der Waals surface area contributed by atoms with Crippen LogP contribution in [0.4, 0.5) is 9.18 Å². The van der Waals surface area contributed by atoms with Crippen LogP contribution in [0.5, 0.6) is 0 Å². The number of esters is 1. The fraction of sp³-hybridized carbons (Fsp3) is 0.500. The molecule has 0 aliphatic carbocycles. The molecular formula is C14H17Cs2FINO8S. The van der Waals surface area contributed by atoms with Gasteiger partial charge in [0.2, 0.25) is 0 Å². The van der Waals surface area contributed by atoms with Crippen molar-refractivity contribution in [1.82, 2.24) is 4.57 Å². The van der Waals surface area contributed by atoms with E-state index in [1.54, 1.807) is 29.5 Å². The van der Waals surface area contributed by atoms with E-state index < -0.39 is 38.1 Å². The summed E-state index contributed by atoms with van der Waals surface area (Å²) >= 11 is 1.69. The number of rotatable bonds is 6. The van der Waals surface area contributed by atoms with Crippen LogP contribution in [-0.4, -0.2) is 42.7 Å². The molecule has 0 spiro atoms. The van der Waals surface area contributed by atoms with E-state index in [-0.39, 0.29) is 161 Å². The molecular weight excluding hydrogens is 754 g/mol. The Labute approximate surface area is 293 Å². The first kappa shape index (κ1) is 35.0. The summed E-state index contributed by atoms with van der Waals surface area (Å²) in [7, 11) is -3.77. The zero-order valence-corrected chi connectivity index (χ0v) is 31.7. The predicted octanol–water partition coefficient (Wildman–Crippen LogP) is -7.09. The smallest absolute Gasteiger partial charge is 0.652 e. The molecule has 14 heteroatoms. The minimum atomic E-state index is -3.77. The molecule has 0 aromatic carbocycles. The number of hydrogen-bond donors (Lipinski definition) is 0. The number of halogens is 2. The Bertz CT molecular complexity index is 829. The number of hydrogen-bond acceptors (Lipinski definition) is 8. The van der Waals surface area contributed by atoms with Gasteiger partial charge >= 0.3 is 144 Å². The molecule has 1 atom stereocenters. The topological polar surface area (TPSA) is 146 Å². The molecule has 28 heavy (non-hydrogen) atoms. The summed E-state index contributed by atoms with van der Waals surface area (Å²) in [5.41, 5.74) is -0.467. The zero-order chi connectivity index (χ0) is 20.7. The van der Waals surface area contributed by atoms with E-state index in [1.807, 2.05) is 0 Å². The number of carbonyl (C=O) groups is 2. The van der Waals surface area contributed by atoms with Crippen molar-refractivity contribution in [3.05, 3.63) is 32.0 Å². The Kier molecular flexibility index (Phi) is 20.1. The number of ether oxygens (including phenoxy) is 1. The van der Waals surface area contributed by atoms with E-state index in [2.05, 4.69) is 0 Å². The molecule has 1 aromatic heterocycles. The van der Waals surface area contributed by atoms with Crippen LogP contribution in [0.15, 0.2) is 17.1 Å². The van der Waals surface area contributed by atoms with Crippen molar-refractivity contribution in [1.29, 1.82) is 0 Å². The van der Waals surface area contributed by atoms with Gasteiger partial charge in [-0.05, 0) is 49.0 Å². The molecule has 0 aliphatic heterocycles. The standard InChI is InChI=1S/C13H17FINO5S.CH2O3.2Cs/c1-4-21-12(18)13(2,22(3,19)20)5-6-16-8-9(14)10(15)7-11(16)17;2-1(3)4;;/h7-8H,4-6H2,1-3H3;(H2,2,3,4);;/q;;2*+1/p-2/t13-;;;/m1.../s1. The van der Waals surface area contributed by atoms with Gasteiger partial charge in [0, 0.05) is 25.1 Å². The Morgan fingerprint density at radius 3 is 2.18 bits per heavy atom. The maximum Gasteiger partial charge on any atom is 1.00 e. The Balaban J connectivity index is -0.000000948. The van der Waals surface area contributed by atoms with Crippen LogP contribution in [0.3, 0.4) is 0 Å². The molecule has 0 radical (unpaired) electrons. The first-order valence-corrected chi connectivity index (χ1v) is 10.0. The second-order valence-corrected chi connectivity index (χ2v) is 8.83. The van der Waals surface area contributed by atoms with Crippen molar-refractivity contribution in [3.63, 3.8) is 0 Å². The van der Waals surface area contributed by atoms with E-state index in [0.29, 0.717) is 0 Å². The molecule has 0 N–H and O–H groups in total. The predicted molar refractivity (Wildman–Crippen MR) is 93.3 cm³/mol. The molecule has 9 nitrogen and oxygen atoms in total. The van der Waals surface area contributed by atoms with Gasteiger partial charge in [-0.25, -0.2) is 12.8 Å². The fourth-order valence-electron chi connectivity index (χ4n) is 1.75. The molecule has 1 aromatic rings. The summed E-state index contributed by atoms with van der Waals surface area (Å²) in [6, 6.07) is 1.11. The summed E-state index contributed by atoms with van der Waals surface area (Å²) in [6.07, 6.45) is -0.593.